The maximum absolute atomic E-state index is 9.80. The van der Waals surface area contributed by atoms with Crippen molar-refractivity contribution in [1.82, 2.24) is 0 Å². The molecule has 0 heterocycles. The van der Waals surface area contributed by atoms with Crippen LogP contribution >= 0.6 is 0 Å². The highest BCUT2D eigenvalue weighted by Crippen LogP contribution is 2.53. The van der Waals surface area contributed by atoms with Gasteiger partial charge < -0.3 is 31.9 Å². The number of hydrogen-bond donors (Lipinski definition) is 6. The van der Waals surface area contributed by atoms with Crippen LogP contribution < -0.4 is 11.5 Å². The Morgan fingerprint density at radius 3 is 1.89 bits per heavy atom. The van der Waals surface area contributed by atoms with Gasteiger partial charge in [0.05, 0.1) is 11.3 Å². The molecule has 18 heavy (non-hydrogen) atoms. The van der Waals surface area contributed by atoms with Gasteiger partial charge in [-0.1, -0.05) is 18.2 Å². The van der Waals surface area contributed by atoms with E-state index in [-0.39, 0.29) is 11.3 Å². The summed E-state index contributed by atoms with van der Waals surface area (Å²) in [5, 5.41) is 38.2. The first-order valence-corrected chi connectivity index (χ1v) is 5.05. The van der Waals surface area contributed by atoms with Crippen LogP contribution in [0.2, 0.25) is 0 Å². The molecule has 2 rings (SSSR count). The molecule has 2 aromatic carbocycles. The standard InChI is InChI=1S/C12H12N2O4/c13-6-4-2-1-3-5(6)7-8(14)10(16)12(18)11(17)9(7)15/h1-4,15-18H,13-14H2. The number of phenols is 4. The molecular formula is C12H12N2O4. The smallest absolute Gasteiger partial charge is 0.206 e. The molecule has 0 spiro atoms. The van der Waals surface area contributed by atoms with E-state index in [9.17, 15) is 20.4 Å². The Kier molecular flexibility index (Phi) is 2.55. The van der Waals surface area contributed by atoms with Gasteiger partial charge in [0.25, 0.3) is 0 Å². The van der Waals surface area contributed by atoms with Crippen molar-refractivity contribution in [3.63, 3.8) is 0 Å². The van der Waals surface area contributed by atoms with E-state index in [0.717, 1.165) is 0 Å². The molecule has 0 amide bonds. The quantitative estimate of drug-likeness (QED) is 0.256. The molecule has 94 valence electrons. The van der Waals surface area contributed by atoms with Crippen molar-refractivity contribution in [2.75, 3.05) is 11.5 Å². The van der Waals surface area contributed by atoms with Crippen LogP contribution in [-0.2, 0) is 0 Å². The van der Waals surface area contributed by atoms with Crippen molar-refractivity contribution in [2.45, 2.75) is 0 Å². The molecule has 0 aliphatic carbocycles. The average molecular weight is 248 g/mol. The summed E-state index contributed by atoms with van der Waals surface area (Å²) in [7, 11) is 0. The Bertz CT molecular complexity index is 597. The Morgan fingerprint density at radius 2 is 1.28 bits per heavy atom. The number of para-hydroxylation sites is 1. The van der Waals surface area contributed by atoms with Crippen LogP contribution in [0.15, 0.2) is 24.3 Å². The Hall–Kier alpha value is -2.76. The molecule has 2 aromatic rings. The third-order valence-corrected chi connectivity index (χ3v) is 2.66. The van der Waals surface area contributed by atoms with Gasteiger partial charge in [0.1, 0.15) is 0 Å². The minimum Gasteiger partial charge on any atom is -0.504 e. The SMILES string of the molecule is Nc1ccccc1-c1c(N)c(O)c(O)c(O)c1O. The minimum atomic E-state index is -0.872. The van der Waals surface area contributed by atoms with Crippen LogP contribution in [0.4, 0.5) is 11.4 Å². The summed E-state index contributed by atoms with van der Waals surface area (Å²) < 4.78 is 0. The maximum atomic E-state index is 9.80. The highest BCUT2D eigenvalue weighted by Gasteiger charge is 2.23. The number of phenolic OH excluding ortho intramolecular Hbond substituents is 4. The Balaban J connectivity index is 2.85. The van der Waals surface area contributed by atoms with E-state index in [2.05, 4.69) is 0 Å². The van der Waals surface area contributed by atoms with Crippen LogP contribution in [0.25, 0.3) is 11.1 Å². The Labute approximate surface area is 102 Å². The first-order chi connectivity index (χ1) is 8.45. The molecule has 8 N–H and O–H groups in total. The van der Waals surface area contributed by atoms with Gasteiger partial charge in [-0.05, 0) is 6.07 Å². The molecule has 0 radical (unpaired) electrons. The zero-order valence-electron chi connectivity index (χ0n) is 9.25. The highest BCUT2D eigenvalue weighted by atomic mass is 16.3. The highest BCUT2D eigenvalue weighted by molar-refractivity contribution is 5.94. The number of rotatable bonds is 1. The molecule has 0 saturated carbocycles. The van der Waals surface area contributed by atoms with E-state index >= 15 is 0 Å². The van der Waals surface area contributed by atoms with Crippen molar-refractivity contribution in [3.8, 4) is 34.1 Å². The number of nitrogens with two attached hydrogens (primary N) is 2. The van der Waals surface area contributed by atoms with Gasteiger partial charge in [-0.25, -0.2) is 0 Å². The van der Waals surface area contributed by atoms with E-state index in [1.807, 2.05) is 0 Å². The number of aromatic hydroxyl groups is 4. The first-order valence-electron chi connectivity index (χ1n) is 5.05. The van der Waals surface area contributed by atoms with Gasteiger partial charge in [0.2, 0.25) is 11.5 Å². The molecule has 6 nitrogen and oxygen atoms in total. The van der Waals surface area contributed by atoms with Crippen LogP contribution in [0.5, 0.6) is 23.0 Å². The molecule has 0 atom stereocenters. The van der Waals surface area contributed by atoms with E-state index < -0.39 is 23.0 Å². The first kappa shape index (κ1) is 11.7. The van der Waals surface area contributed by atoms with Crippen LogP contribution in [0, 0.1) is 0 Å². The Morgan fingerprint density at radius 1 is 0.722 bits per heavy atom. The van der Waals surface area contributed by atoms with Gasteiger partial charge in [0.15, 0.2) is 11.5 Å². The summed E-state index contributed by atoms with van der Waals surface area (Å²) in [5.74, 6) is -3.06. The van der Waals surface area contributed by atoms with Crippen molar-refractivity contribution < 1.29 is 20.4 Å². The van der Waals surface area contributed by atoms with Crippen molar-refractivity contribution in [1.29, 1.82) is 0 Å². The number of nitrogen functional groups attached to an aromatic ring is 2. The van der Waals surface area contributed by atoms with Crippen LogP contribution in [0.3, 0.4) is 0 Å². The van der Waals surface area contributed by atoms with Crippen molar-refractivity contribution in [2.24, 2.45) is 0 Å². The fraction of sp³-hybridized carbons (Fsp3) is 0. The van der Waals surface area contributed by atoms with E-state index in [4.69, 9.17) is 11.5 Å². The summed E-state index contributed by atoms with van der Waals surface area (Å²) in [5.41, 5.74) is 11.7. The van der Waals surface area contributed by atoms with Gasteiger partial charge >= 0.3 is 0 Å². The van der Waals surface area contributed by atoms with Gasteiger partial charge in [-0.3, -0.25) is 0 Å². The lowest BCUT2D eigenvalue weighted by Gasteiger charge is -2.14. The summed E-state index contributed by atoms with van der Waals surface area (Å²) in [6.07, 6.45) is 0. The molecule has 0 saturated heterocycles. The maximum Gasteiger partial charge on any atom is 0.206 e. The molecule has 6 heteroatoms. The molecule has 0 fully saturated rings. The second-order valence-corrected chi connectivity index (χ2v) is 3.77. The largest absolute Gasteiger partial charge is 0.504 e. The number of hydrogen-bond acceptors (Lipinski definition) is 6. The fourth-order valence-corrected chi connectivity index (χ4v) is 1.71. The predicted molar refractivity (Wildman–Crippen MR) is 67.4 cm³/mol. The number of benzene rings is 2. The van der Waals surface area contributed by atoms with E-state index in [1.165, 1.54) is 0 Å². The molecule has 0 aliphatic heterocycles. The lowest BCUT2D eigenvalue weighted by molar-refractivity contribution is 0.348. The summed E-state index contributed by atoms with van der Waals surface area (Å²) in [6, 6.07) is 6.49. The molecule has 0 aromatic heterocycles. The van der Waals surface area contributed by atoms with Crippen LogP contribution in [0.1, 0.15) is 0 Å². The topological polar surface area (TPSA) is 133 Å². The zero-order valence-corrected chi connectivity index (χ0v) is 9.25. The second-order valence-electron chi connectivity index (χ2n) is 3.77. The third kappa shape index (κ3) is 1.51. The van der Waals surface area contributed by atoms with Crippen molar-refractivity contribution in [3.05, 3.63) is 24.3 Å². The summed E-state index contributed by atoms with van der Waals surface area (Å²) in [6.45, 7) is 0. The van der Waals surface area contributed by atoms with Crippen molar-refractivity contribution >= 4 is 11.4 Å². The molecule has 0 unspecified atom stereocenters. The van der Waals surface area contributed by atoms with Crippen LogP contribution in [-0.4, -0.2) is 20.4 Å². The fourth-order valence-electron chi connectivity index (χ4n) is 1.71. The third-order valence-electron chi connectivity index (χ3n) is 2.66. The summed E-state index contributed by atoms with van der Waals surface area (Å²) >= 11 is 0. The normalized spacial score (nSPS) is 10.4. The van der Waals surface area contributed by atoms with Gasteiger partial charge in [-0.2, -0.15) is 0 Å². The lowest BCUT2D eigenvalue weighted by atomic mass is 9.99. The number of anilines is 2. The average Bonchev–Trinajstić information content (AvgIpc) is 2.36. The minimum absolute atomic E-state index is 0.0269. The predicted octanol–water partition coefficient (Wildman–Crippen LogP) is 1.34. The lowest BCUT2D eigenvalue weighted by Crippen LogP contribution is -1.96. The van der Waals surface area contributed by atoms with Gasteiger partial charge in [0, 0.05) is 11.3 Å². The van der Waals surface area contributed by atoms with E-state index in [1.54, 1.807) is 24.3 Å². The zero-order chi connectivity index (χ0) is 13.4. The second kappa shape index (κ2) is 3.92. The summed E-state index contributed by atoms with van der Waals surface area (Å²) in [4.78, 5) is 0. The monoisotopic (exact) mass is 248 g/mol. The van der Waals surface area contributed by atoms with E-state index in [0.29, 0.717) is 11.3 Å². The molecule has 0 aliphatic rings. The van der Waals surface area contributed by atoms with Gasteiger partial charge in [-0.15, -0.1) is 0 Å². The molecule has 0 bridgehead atoms. The molecular weight excluding hydrogens is 236 g/mol.